The number of hydrogen-bond acceptors (Lipinski definition) is 2. The van der Waals surface area contributed by atoms with Crippen LogP contribution in [0.2, 0.25) is 0 Å². The highest BCUT2D eigenvalue weighted by Crippen LogP contribution is 2.30. The van der Waals surface area contributed by atoms with Crippen molar-refractivity contribution in [2.45, 2.75) is 31.8 Å². The lowest BCUT2D eigenvalue weighted by Gasteiger charge is -2.26. The number of rotatable bonds is 3. The maximum absolute atomic E-state index is 9.07. The Bertz CT molecular complexity index is 78.2. The van der Waals surface area contributed by atoms with Gasteiger partial charge < -0.3 is 10.8 Å². The van der Waals surface area contributed by atoms with Crippen LogP contribution in [0.1, 0.15) is 25.7 Å². The molecule has 1 rings (SSSR count). The first kappa shape index (κ1) is 7.03. The van der Waals surface area contributed by atoms with E-state index in [9.17, 15) is 0 Å². The highest BCUT2D eigenvalue weighted by atomic mass is 16.3. The molecule has 0 aliphatic heterocycles. The summed E-state index contributed by atoms with van der Waals surface area (Å²) in [5, 5.41) is 9.07. The fourth-order valence-electron chi connectivity index (χ4n) is 1.21. The number of aliphatic hydroxyl groups excluding tert-OH is 1. The molecule has 0 aromatic carbocycles. The highest BCUT2D eigenvalue weighted by molar-refractivity contribution is 4.73. The van der Waals surface area contributed by atoms with Gasteiger partial charge >= 0.3 is 0 Å². The molecule has 0 bridgehead atoms. The monoisotopic (exact) mass is 129 g/mol. The Labute approximate surface area is 56.1 Å². The molecule has 0 saturated heterocycles. The quantitative estimate of drug-likeness (QED) is 0.582. The summed E-state index contributed by atoms with van der Waals surface area (Å²) >= 11 is 0. The Kier molecular flexibility index (Phi) is 2.49. The van der Waals surface area contributed by atoms with Crippen molar-refractivity contribution in [2.75, 3.05) is 6.54 Å². The second-order valence-corrected chi connectivity index (χ2v) is 2.92. The largest absolute Gasteiger partial charge is 0.392 e. The lowest BCUT2D eigenvalue weighted by atomic mass is 9.81. The molecule has 1 atom stereocenters. The van der Waals surface area contributed by atoms with Gasteiger partial charge in [0.2, 0.25) is 0 Å². The van der Waals surface area contributed by atoms with Crippen LogP contribution in [0.4, 0.5) is 0 Å². The number of hydrogen-bond donors (Lipinski definition) is 2. The zero-order valence-corrected chi connectivity index (χ0v) is 5.71. The van der Waals surface area contributed by atoms with E-state index < -0.39 is 0 Å². The molecule has 0 spiro atoms. The van der Waals surface area contributed by atoms with E-state index in [1.54, 1.807) is 0 Å². The predicted molar refractivity (Wildman–Crippen MR) is 37.0 cm³/mol. The van der Waals surface area contributed by atoms with E-state index in [4.69, 9.17) is 10.8 Å². The molecule has 1 aliphatic carbocycles. The summed E-state index contributed by atoms with van der Waals surface area (Å²) in [6.45, 7) is 0.427. The van der Waals surface area contributed by atoms with Gasteiger partial charge in [0.05, 0.1) is 6.10 Å². The maximum Gasteiger partial charge on any atom is 0.0665 e. The van der Waals surface area contributed by atoms with Crippen LogP contribution in [0.15, 0.2) is 0 Å². The van der Waals surface area contributed by atoms with Crippen LogP contribution in [0.5, 0.6) is 0 Å². The lowest BCUT2D eigenvalue weighted by Crippen LogP contribution is -2.25. The molecule has 1 saturated carbocycles. The summed E-state index contributed by atoms with van der Waals surface area (Å²) in [4.78, 5) is 0. The van der Waals surface area contributed by atoms with E-state index >= 15 is 0 Å². The first-order valence-electron chi connectivity index (χ1n) is 3.71. The van der Waals surface area contributed by atoms with Crippen LogP contribution < -0.4 is 5.73 Å². The number of nitrogens with two attached hydrogens (primary N) is 1. The van der Waals surface area contributed by atoms with Gasteiger partial charge in [-0.25, -0.2) is 0 Å². The van der Waals surface area contributed by atoms with Crippen molar-refractivity contribution in [1.82, 2.24) is 0 Å². The second-order valence-electron chi connectivity index (χ2n) is 2.92. The topological polar surface area (TPSA) is 46.2 Å². The van der Waals surface area contributed by atoms with Crippen molar-refractivity contribution in [3.05, 3.63) is 0 Å². The summed E-state index contributed by atoms with van der Waals surface area (Å²) in [6.07, 6.45) is 4.64. The minimum Gasteiger partial charge on any atom is -0.392 e. The van der Waals surface area contributed by atoms with Crippen molar-refractivity contribution in [3.8, 4) is 0 Å². The molecular formula is C7H15NO. The van der Waals surface area contributed by atoms with Gasteiger partial charge in [-0.3, -0.25) is 0 Å². The van der Waals surface area contributed by atoms with E-state index in [-0.39, 0.29) is 6.10 Å². The van der Waals surface area contributed by atoms with Crippen molar-refractivity contribution >= 4 is 0 Å². The molecular weight excluding hydrogens is 114 g/mol. The first-order valence-corrected chi connectivity index (χ1v) is 3.71. The summed E-state index contributed by atoms with van der Waals surface area (Å²) in [7, 11) is 0. The van der Waals surface area contributed by atoms with Gasteiger partial charge in [0.25, 0.3) is 0 Å². The van der Waals surface area contributed by atoms with Gasteiger partial charge in [-0.15, -0.1) is 0 Å². The molecule has 1 fully saturated rings. The Morgan fingerprint density at radius 3 is 2.56 bits per heavy atom. The van der Waals surface area contributed by atoms with Gasteiger partial charge in [0.1, 0.15) is 0 Å². The van der Waals surface area contributed by atoms with E-state index in [1.165, 1.54) is 19.3 Å². The minimum absolute atomic E-state index is 0.240. The normalized spacial score (nSPS) is 23.3. The Balaban J connectivity index is 2.01. The molecule has 0 heterocycles. The zero-order valence-electron chi connectivity index (χ0n) is 5.71. The van der Waals surface area contributed by atoms with Gasteiger partial charge in [-0.05, 0) is 12.3 Å². The third kappa shape index (κ3) is 1.95. The van der Waals surface area contributed by atoms with E-state index in [2.05, 4.69) is 0 Å². The molecule has 0 aromatic rings. The zero-order chi connectivity index (χ0) is 6.69. The van der Waals surface area contributed by atoms with Crippen molar-refractivity contribution in [1.29, 1.82) is 0 Å². The van der Waals surface area contributed by atoms with Crippen molar-refractivity contribution in [3.63, 3.8) is 0 Å². The molecule has 2 nitrogen and oxygen atoms in total. The molecule has 0 aromatic heterocycles. The van der Waals surface area contributed by atoms with Crippen LogP contribution in [-0.2, 0) is 0 Å². The van der Waals surface area contributed by atoms with E-state index in [0.717, 1.165) is 12.3 Å². The maximum atomic E-state index is 9.07. The van der Waals surface area contributed by atoms with Gasteiger partial charge in [-0.2, -0.15) is 0 Å². The fourth-order valence-corrected chi connectivity index (χ4v) is 1.21. The Morgan fingerprint density at radius 1 is 1.56 bits per heavy atom. The molecule has 54 valence electrons. The van der Waals surface area contributed by atoms with Crippen LogP contribution in [0.3, 0.4) is 0 Å². The van der Waals surface area contributed by atoms with Crippen LogP contribution in [0, 0.1) is 5.92 Å². The molecule has 1 unspecified atom stereocenters. The SMILES string of the molecule is NCC(O)CC1CCC1. The first-order chi connectivity index (χ1) is 4.33. The Morgan fingerprint density at radius 2 is 2.22 bits per heavy atom. The van der Waals surface area contributed by atoms with E-state index in [0.29, 0.717) is 6.54 Å². The minimum atomic E-state index is -0.240. The van der Waals surface area contributed by atoms with Gasteiger partial charge in [-0.1, -0.05) is 19.3 Å². The molecule has 0 amide bonds. The second kappa shape index (κ2) is 3.18. The Hall–Kier alpha value is -0.0800. The summed E-state index contributed by atoms with van der Waals surface area (Å²) < 4.78 is 0. The predicted octanol–water partition coefficient (Wildman–Crippen LogP) is 0.496. The smallest absolute Gasteiger partial charge is 0.0665 e. The van der Waals surface area contributed by atoms with Crippen molar-refractivity contribution < 1.29 is 5.11 Å². The van der Waals surface area contributed by atoms with E-state index in [1.807, 2.05) is 0 Å². The fraction of sp³-hybridized carbons (Fsp3) is 1.00. The van der Waals surface area contributed by atoms with Crippen molar-refractivity contribution in [2.24, 2.45) is 11.7 Å². The molecule has 3 N–H and O–H groups in total. The average molecular weight is 129 g/mol. The highest BCUT2D eigenvalue weighted by Gasteiger charge is 2.19. The molecule has 1 aliphatic rings. The average Bonchev–Trinajstić information content (AvgIpc) is 1.78. The molecule has 0 radical (unpaired) electrons. The molecule has 9 heavy (non-hydrogen) atoms. The van der Waals surface area contributed by atoms with Crippen LogP contribution in [-0.4, -0.2) is 17.8 Å². The molecule has 2 heteroatoms. The van der Waals surface area contributed by atoms with Gasteiger partial charge in [0.15, 0.2) is 0 Å². The number of aliphatic hydroxyl groups is 1. The third-order valence-electron chi connectivity index (χ3n) is 2.10. The lowest BCUT2D eigenvalue weighted by molar-refractivity contribution is 0.124. The summed E-state index contributed by atoms with van der Waals surface area (Å²) in [5.74, 6) is 0.781. The summed E-state index contributed by atoms with van der Waals surface area (Å²) in [5.41, 5.74) is 5.25. The van der Waals surface area contributed by atoms with Crippen LogP contribution in [0.25, 0.3) is 0 Å². The standard InChI is InChI=1S/C7H15NO/c8-5-7(9)4-6-2-1-3-6/h6-7,9H,1-5,8H2. The third-order valence-corrected chi connectivity index (χ3v) is 2.10. The van der Waals surface area contributed by atoms with Crippen LogP contribution >= 0.6 is 0 Å². The summed E-state index contributed by atoms with van der Waals surface area (Å²) in [6, 6.07) is 0. The van der Waals surface area contributed by atoms with Gasteiger partial charge in [0, 0.05) is 6.54 Å².